The van der Waals surface area contributed by atoms with Gasteiger partial charge in [0.1, 0.15) is 0 Å². The molecule has 146 valence electrons. The van der Waals surface area contributed by atoms with Crippen molar-refractivity contribution >= 4 is 17.7 Å². The summed E-state index contributed by atoms with van der Waals surface area (Å²) in [5.74, 6) is -3.51. The van der Waals surface area contributed by atoms with Gasteiger partial charge in [-0.15, -0.1) is 0 Å². The smallest absolute Gasteiger partial charge is 0.351 e. The van der Waals surface area contributed by atoms with Gasteiger partial charge >= 0.3 is 6.18 Å². The lowest BCUT2D eigenvalue weighted by Crippen LogP contribution is -2.57. The van der Waals surface area contributed by atoms with Gasteiger partial charge in [0.2, 0.25) is 11.8 Å². The molecule has 0 radical (unpaired) electrons. The summed E-state index contributed by atoms with van der Waals surface area (Å²) in [6.07, 6.45) is -4.53. The zero-order valence-electron chi connectivity index (χ0n) is 14.7. The molecule has 2 aliphatic heterocycles. The summed E-state index contributed by atoms with van der Waals surface area (Å²) in [5, 5.41) is 2.44. The summed E-state index contributed by atoms with van der Waals surface area (Å²) in [5.41, 5.74) is 0.307. The van der Waals surface area contributed by atoms with Crippen molar-refractivity contribution < 1.29 is 27.6 Å². The second-order valence-electron chi connectivity index (χ2n) is 6.96. The number of hydrogen-bond acceptors (Lipinski definition) is 3. The molecule has 27 heavy (non-hydrogen) atoms. The number of amides is 3. The van der Waals surface area contributed by atoms with Gasteiger partial charge < -0.3 is 15.1 Å². The van der Waals surface area contributed by atoms with E-state index in [4.69, 9.17) is 0 Å². The van der Waals surface area contributed by atoms with Crippen LogP contribution in [0.5, 0.6) is 0 Å². The number of nitrogens with one attached hydrogen (secondary N) is 1. The molecule has 9 heteroatoms. The highest BCUT2D eigenvalue weighted by atomic mass is 19.4. The van der Waals surface area contributed by atoms with Crippen molar-refractivity contribution in [2.45, 2.75) is 19.1 Å². The van der Waals surface area contributed by atoms with Gasteiger partial charge in [0.25, 0.3) is 5.91 Å². The number of carbonyl (C=O) groups excluding carboxylic acids is 3. The second kappa shape index (κ2) is 7.21. The molecule has 0 saturated carbocycles. The van der Waals surface area contributed by atoms with E-state index in [0.717, 1.165) is 4.90 Å². The molecular weight excluding hydrogens is 363 g/mol. The predicted octanol–water partition coefficient (Wildman–Crippen LogP) is 1.28. The van der Waals surface area contributed by atoms with Gasteiger partial charge in [-0.05, 0) is 12.1 Å². The standard InChI is InChI=1S/C18H20F3N3O3/c1-11(25)23-7-13(8-23)16(26)22-15-10-24(9-14(15)18(19,20)21)17(27)12-5-3-2-4-6-12/h2-6,13-15H,7-10H2,1H3,(H,22,26)/t14-,15-/m1/s1. The predicted molar refractivity (Wildman–Crippen MR) is 89.6 cm³/mol. The molecule has 0 aromatic heterocycles. The Kier molecular flexibility index (Phi) is 5.12. The van der Waals surface area contributed by atoms with Crippen LogP contribution >= 0.6 is 0 Å². The lowest BCUT2D eigenvalue weighted by Gasteiger charge is -2.38. The number of rotatable bonds is 3. The van der Waals surface area contributed by atoms with Crippen LogP contribution in [0.2, 0.25) is 0 Å². The molecule has 0 unspecified atom stereocenters. The molecule has 2 heterocycles. The van der Waals surface area contributed by atoms with E-state index in [0.29, 0.717) is 5.56 Å². The Bertz CT molecular complexity index is 732. The summed E-state index contributed by atoms with van der Waals surface area (Å²) in [6, 6.07) is 6.88. The second-order valence-corrected chi connectivity index (χ2v) is 6.96. The van der Waals surface area contributed by atoms with Crippen LogP contribution in [0.1, 0.15) is 17.3 Å². The number of alkyl halides is 3. The van der Waals surface area contributed by atoms with Gasteiger partial charge in [0.15, 0.2) is 0 Å². The van der Waals surface area contributed by atoms with Crippen molar-refractivity contribution in [1.82, 2.24) is 15.1 Å². The molecule has 2 saturated heterocycles. The zero-order valence-corrected chi connectivity index (χ0v) is 14.7. The minimum atomic E-state index is -4.53. The summed E-state index contributed by atoms with van der Waals surface area (Å²) >= 11 is 0. The third-order valence-corrected chi connectivity index (χ3v) is 5.07. The monoisotopic (exact) mass is 383 g/mol. The maximum atomic E-state index is 13.4. The molecule has 6 nitrogen and oxygen atoms in total. The molecule has 2 aliphatic rings. The van der Waals surface area contributed by atoms with Crippen molar-refractivity contribution in [3.05, 3.63) is 35.9 Å². The van der Waals surface area contributed by atoms with Crippen molar-refractivity contribution in [3.8, 4) is 0 Å². The van der Waals surface area contributed by atoms with Crippen LogP contribution in [0.3, 0.4) is 0 Å². The van der Waals surface area contributed by atoms with Crippen LogP contribution in [-0.4, -0.2) is 65.9 Å². The highest BCUT2D eigenvalue weighted by molar-refractivity contribution is 5.94. The number of carbonyl (C=O) groups is 3. The number of benzene rings is 1. The van der Waals surface area contributed by atoms with Crippen LogP contribution in [0.25, 0.3) is 0 Å². The lowest BCUT2D eigenvalue weighted by atomic mass is 9.97. The minimum absolute atomic E-state index is 0.173. The van der Waals surface area contributed by atoms with E-state index >= 15 is 0 Å². The molecule has 3 amide bonds. The lowest BCUT2D eigenvalue weighted by molar-refractivity contribution is -0.175. The Labute approximate surface area is 154 Å². The van der Waals surface area contributed by atoms with E-state index in [2.05, 4.69) is 5.32 Å². The first-order valence-corrected chi connectivity index (χ1v) is 8.63. The Morgan fingerprint density at radius 2 is 1.63 bits per heavy atom. The largest absolute Gasteiger partial charge is 0.395 e. The molecule has 1 N–H and O–H groups in total. The fourth-order valence-corrected chi connectivity index (χ4v) is 3.41. The first-order chi connectivity index (χ1) is 12.7. The van der Waals surface area contributed by atoms with E-state index in [-0.39, 0.29) is 25.5 Å². The number of hydrogen-bond donors (Lipinski definition) is 1. The SMILES string of the molecule is CC(=O)N1CC(C(=O)N[C@@H]2CN(C(=O)c3ccccc3)C[C@H]2C(F)(F)F)C1. The van der Waals surface area contributed by atoms with Crippen molar-refractivity contribution in [2.24, 2.45) is 11.8 Å². The summed E-state index contributed by atoms with van der Waals surface area (Å²) in [4.78, 5) is 38.5. The number of likely N-dealkylation sites (tertiary alicyclic amines) is 2. The zero-order chi connectivity index (χ0) is 19.8. The first-order valence-electron chi connectivity index (χ1n) is 8.63. The topological polar surface area (TPSA) is 69.7 Å². The molecule has 0 bridgehead atoms. The molecule has 0 aliphatic carbocycles. The van der Waals surface area contributed by atoms with Crippen LogP contribution in [-0.2, 0) is 9.59 Å². The van der Waals surface area contributed by atoms with E-state index < -0.39 is 42.4 Å². The Morgan fingerprint density at radius 1 is 1.00 bits per heavy atom. The maximum absolute atomic E-state index is 13.4. The highest BCUT2D eigenvalue weighted by Crippen LogP contribution is 2.34. The molecule has 3 rings (SSSR count). The molecule has 1 aromatic rings. The van der Waals surface area contributed by atoms with Gasteiger partial charge in [-0.25, -0.2) is 0 Å². The van der Waals surface area contributed by atoms with Crippen molar-refractivity contribution in [1.29, 1.82) is 0 Å². The third-order valence-electron chi connectivity index (χ3n) is 5.07. The maximum Gasteiger partial charge on any atom is 0.395 e. The number of nitrogens with zero attached hydrogens (tertiary/aromatic N) is 2. The van der Waals surface area contributed by atoms with E-state index in [1.54, 1.807) is 30.3 Å². The van der Waals surface area contributed by atoms with E-state index in [1.165, 1.54) is 11.8 Å². The first kappa shape index (κ1) is 19.2. The molecule has 2 atom stereocenters. The van der Waals surface area contributed by atoms with Gasteiger partial charge in [-0.1, -0.05) is 18.2 Å². The van der Waals surface area contributed by atoms with Gasteiger partial charge in [0, 0.05) is 38.7 Å². The quantitative estimate of drug-likeness (QED) is 0.855. The van der Waals surface area contributed by atoms with Gasteiger partial charge in [-0.3, -0.25) is 14.4 Å². The van der Waals surface area contributed by atoms with Crippen molar-refractivity contribution in [3.63, 3.8) is 0 Å². The third kappa shape index (κ3) is 4.06. The number of halogens is 3. The Morgan fingerprint density at radius 3 is 2.19 bits per heavy atom. The minimum Gasteiger partial charge on any atom is -0.351 e. The summed E-state index contributed by atoms with van der Waals surface area (Å²) in [6.45, 7) is 1.09. The molecular formula is C18H20F3N3O3. The summed E-state index contributed by atoms with van der Waals surface area (Å²) < 4.78 is 40.3. The van der Waals surface area contributed by atoms with E-state index in [1.807, 2.05) is 0 Å². The average molecular weight is 383 g/mol. The Balaban J connectivity index is 1.67. The molecule has 2 fully saturated rings. The van der Waals surface area contributed by atoms with Crippen LogP contribution in [0.15, 0.2) is 30.3 Å². The fourth-order valence-electron chi connectivity index (χ4n) is 3.41. The van der Waals surface area contributed by atoms with E-state index in [9.17, 15) is 27.6 Å². The Hall–Kier alpha value is -2.58. The van der Waals surface area contributed by atoms with Crippen molar-refractivity contribution in [2.75, 3.05) is 26.2 Å². The fraction of sp³-hybridized carbons (Fsp3) is 0.500. The normalized spacial score (nSPS) is 23.1. The highest BCUT2D eigenvalue weighted by Gasteiger charge is 2.52. The molecule has 1 aromatic carbocycles. The van der Waals surface area contributed by atoms with Crippen LogP contribution in [0, 0.1) is 11.8 Å². The van der Waals surface area contributed by atoms with Crippen LogP contribution < -0.4 is 5.32 Å². The van der Waals surface area contributed by atoms with Gasteiger partial charge in [0.05, 0.1) is 17.9 Å². The van der Waals surface area contributed by atoms with Gasteiger partial charge in [-0.2, -0.15) is 13.2 Å². The average Bonchev–Trinajstić information content (AvgIpc) is 2.97. The van der Waals surface area contributed by atoms with Crippen LogP contribution in [0.4, 0.5) is 13.2 Å². The summed E-state index contributed by atoms with van der Waals surface area (Å²) in [7, 11) is 0. The molecule has 0 spiro atoms.